The first-order valence-corrected chi connectivity index (χ1v) is 12.3. The first-order valence-electron chi connectivity index (χ1n) is 9.84. The summed E-state index contributed by atoms with van der Waals surface area (Å²) in [7, 11) is 0. The molecule has 2 aromatic rings. The van der Waals surface area contributed by atoms with E-state index in [2.05, 4.69) is 86.7 Å². The first kappa shape index (κ1) is 18.6. The van der Waals surface area contributed by atoms with Gasteiger partial charge in [-0.15, -0.1) is 0 Å². The molecule has 1 heteroatoms. The van der Waals surface area contributed by atoms with Gasteiger partial charge in [-0.1, -0.05) is 0 Å². The van der Waals surface area contributed by atoms with Gasteiger partial charge in [-0.3, -0.25) is 0 Å². The van der Waals surface area contributed by atoms with Gasteiger partial charge in [-0.05, 0) is 0 Å². The van der Waals surface area contributed by atoms with Crippen molar-refractivity contribution in [1.82, 2.24) is 0 Å². The molecule has 2 aromatic carbocycles. The van der Waals surface area contributed by atoms with E-state index in [0.717, 1.165) is 12.8 Å². The predicted molar refractivity (Wildman–Crippen MR) is 111 cm³/mol. The second-order valence-corrected chi connectivity index (χ2v) is 11.1. The second-order valence-electron chi connectivity index (χ2n) is 7.55. The van der Waals surface area contributed by atoms with Gasteiger partial charge in [0.25, 0.3) is 0 Å². The fourth-order valence-electron chi connectivity index (χ4n) is 4.01. The van der Waals surface area contributed by atoms with Gasteiger partial charge in [0.1, 0.15) is 0 Å². The van der Waals surface area contributed by atoms with Crippen molar-refractivity contribution in [2.24, 2.45) is 0 Å². The molecular weight excluding hydrogens is 404 g/mol. The van der Waals surface area contributed by atoms with Crippen LogP contribution < -0.4 is 0 Å². The Morgan fingerprint density at radius 3 is 1.44 bits per heavy atom. The average molecular weight is 430 g/mol. The van der Waals surface area contributed by atoms with Crippen LogP contribution in [-0.4, -0.2) is 0 Å². The van der Waals surface area contributed by atoms with Crippen LogP contribution in [-0.2, 0) is 36.1 Å². The Labute approximate surface area is 175 Å². The number of hydrogen-bond donors (Lipinski definition) is 0. The minimum atomic E-state index is -0.707. The molecule has 0 amide bonds. The molecule has 2 aliphatic rings. The van der Waals surface area contributed by atoms with Crippen LogP contribution in [0.2, 0.25) is 0 Å². The molecule has 0 atom stereocenters. The van der Waals surface area contributed by atoms with Gasteiger partial charge < -0.3 is 0 Å². The molecule has 4 rings (SSSR count). The summed E-state index contributed by atoms with van der Waals surface area (Å²) < 4.78 is 3.59. The topological polar surface area (TPSA) is 0 Å². The fourth-order valence-corrected chi connectivity index (χ4v) is 8.05. The van der Waals surface area contributed by atoms with Crippen LogP contribution in [0.25, 0.3) is 0 Å². The van der Waals surface area contributed by atoms with Gasteiger partial charge in [0, 0.05) is 0 Å². The standard InChI is InChI=1S/2C13H13.Zr/c2*1-11-6-5-9-13(11)10-12-7-3-2-4-8-12;/h2*2-4,6-8H,5,10H2,1H3;. The monoisotopic (exact) mass is 428 g/mol. The molecule has 0 aromatic heterocycles. The summed E-state index contributed by atoms with van der Waals surface area (Å²) in [6, 6.07) is 21.9. The summed E-state index contributed by atoms with van der Waals surface area (Å²) in [6.45, 7) is 4.62. The van der Waals surface area contributed by atoms with Crippen molar-refractivity contribution in [3.63, 3.8) is 0 Å². The zero-order valence-corrected chi connectivity index (χ0v) is 18.7. The van der Waals surface area contributed by atoms with Crippen molar-refractivity contribution < 1.29 is 23.2 Å². The normalized spacial score (nSPS) is 16.7. The van der Waals surface area contributed by atoms with Crippen LogP contribution in [0.4, 0.5) is 0 Å². The van der Waals surface area contributed by atoms with Crippen LogP contribution in [0.1, 0.15) is 37.8 Å². The van der Waals surface area contributed by atoms with Crippen LogP contribution in [0, 0.1) is 0 Å². The SMILES string of the molecule is CC1=CC[C]([Zr][C]2=C(Cc3ccccc3)C(C)=CC2)=C1Cc1ccccc1. The number of benzene rings is 2. The third-order valence-corrected chi connectivity index (χ3v) is 9.63. The Kier molecular flexibility index (Phi) is 5.89. The molecule has 0 bridgehead atoms. The Bertz CT molecular complexity index is 861. The Balaban J connectivity index is 1.59. The third kappa shape index (κ3) is 4.41. The summed E-state index contributed by atoms with van der Waals surface area (Å²) in [4.78, 5) is 0. The van der Waals surface area contributed by atoms with Crippen molar-refractivity contribution in [3.8, 4) is 0 Å². The predicted octanol–water partition coefficient (Wildman–Crippen LogP) is 6.76. The maximum atomic E-state index is 2.46. The van der Waals surface area contributed by atoms with Gasteiger partial charge in [0.2, 0.25) is 0 Å². The molecule has 0 radical (unpaired) electrons. The van der Waals surface area contributed by atoms with Crippen molar-refractivity contribution in [1.29, 1.82) is 0 Å². The summed E-state index contributed by atoms with van der Waals surface area (Å²) in [5.74, 6) is 0. The zero-order valence-electron chi connectivity index (χ0n) is 16.3. The van der Waals surface area contributed by atoms with Crippen LogP contribution >= 0.6 is 0 Å². The fraction of sp³-hybridized carbons (Fsp3) is 0.231. The molecule has 0 heterocycles. The van der Waals surface area contributed by atoms with Crippen LogP contribution in [0.5, 0.6) is 0 Å². The number of hydrogen-bond acceptors (Lipinski definition) is 0. The minimum absolute atomic E-state index is 0.707. The van der Waals surface area contributed by atoms with E-state index in [-0.39, 0.29) is 0 Å². The quantitative estimate of drug-likeness (QED) is 0.476. The molecule has 0 spiro atoms. The summed E-state index contributed by atoms with van der Waals surface area (Å²) in [6.07, 6.45) is 9.52. The van der Waals surface area contributed by atoms with E-state index in [0.29, 0.717) is 0 Å². The van der Waals surface area contributed by atoms with E-state index in [1.807, 2.05) is 0 Å². The summed E-state index contributed by atoms with van der Waals surface area (Å²) >= 11 is -0.707. The second kappa shape index (κ2) is 8.53. The Morgan fingerprint density at radius 2 is 1.04 bits per heavy atom. The van der Waals surface area contributed by atoms with E-state index in [4.69, 9.17) is 0 Å². The molecule has 0 fully saturated rings. The van der Waals surface area contributed by atoms with Crippen LogP contribution in [0.15, 0.2) is 102 Å². The van der Waals surface area contributed by atoms with Gasteiger partial charge in [-0.25, -0.2) is 0 Å². The van der Waals surface area contributed by atoms with E-state index in [9.17, 15) is 0 Å². The van der Waals surface area contributed by atoms with Gasteiger partial charge in [0.15, 0.2) is 0 Å². The average Bonchev–Trinajstić information content (AvgIpc) is 3.21. The van der Waals surface area contributed by atoms with Crippen molar-refractivity contribution in [3.05, 3.63) is 113 Å². The van der Waals surface area contributed by atoms with Crippen molar-refractivity contribution in [2.45, 2.75) is 39.5 Å². The molecule has 0 N–H and O–H groups in total. The van der Waals surface area contributed by atoms with E-state index < -0.39 is 23.2 Å². The first-order chi connectivity index (χ1) is 13.2. The van der Waals surface area contributed by atoms with Crippen molar-refractivity contribution in [2.75, 3.05) is 0 Å². The summed E-state index contributed by atoms with van der Waals surface area (Å²) in [5, 5.41) is 0. The number of rotatable bonds is 6. The summed E-state index contributed by atoms with van der Waals surface area (Å²) in [5.41, 5.74) is 9.20. The van der Waals surface area contributed by atoms with E-state index in [1.165, 1.54) is 35.1 Å². The molecule has 0 aliphatic heterocycles. The molecule has 134 valence electrons. The van der Waals surface area contributed by atoms with Crippen molar-refractivity contribution >= 4 is 0 Å². The molecule has 0 saturated heterocycles. The van der Waals surface area contributed by atoms with Crippen LogP contribution in [0.3, 0.4) is 0 Å². The maximum absolute atomic E-state index is 2.46. The van der Waals surface area contributed by atoms with Gasteiger partial charge in [-0.2, -0.15) is 0 Å². The molecule has 0 saturated carbocycles. The molecule has 0 nitrogen and oxygen atoms in total. The third-order valence-electron chi connectivity index (χ3n) is 5.65. The molecule has 0 unspecified atom stereocenters. The van der Waals surface area contributed by atoms with Gasteiger partial charge in [0.05, 0.1) is 0 Å². The Morgan fingerprint density at radius 1 is 0.630 bits per heavy atom. The molecule has 2 aliphatic carbocycles. The van der Waals surface area contributed by atoms with E-state index in [1.54, 1.807) is 17.7 Å². The Hall–Kier alpha value is -1.72. The zero-order chi connectivity index (χ0) is 18.6. The van der Waals surface area contributed by atoms with E-state index >= 15 is 0 Å². The number of allylic oxidation sites excluding steroid dienone is 8. The molecule has 27 heavy (non-hydrogen) atoms. The molecular formula is C26H26Zr. The van der Waals surface area contributed by atoms with Gasteiger partial charge >= 0.3 is 176 Å².